The number of hydrogen-bond donors (Lipinski definition) is 1. The summed E-state index contributed by atoms with van der Waals surface area (Å²) in [5.41, 5.74) is -0.666. The van der Waals surface area contributed by atoms with Gasteiger partial charge in [0, 0.05) is 0 Å². The second kappa shape index (κ2) is 5.53. The normalized spacial score (nSPS) is 16.1. The van der Waals surface area contributed by atoms with Gasteiger partial charge in [0.2, 0.25) is 0 Å². The van der Waals surface area contributed by atoms with Crippen molar-refractivity contribution in [3.63, 3.8) is 0 Å². The molecule has 1 N–H and O–H groups in total. The van der Waals surface area contributed by atoms with Crippen LogP contribution in [-0.4, -0.2) is 11.1 Å². The molecule has 0 aromatic heterocycles. The number of unbranched alkanes of at least 4 members (excludes halogenated alkanes) is 1. The summed E-state index contributed by atoms with van der Waals surface area (Å²) in [5.74, 6) is -0.620. The van der Waals surface area contributed by atoms with Gasteiger partial charge >= 0.3 is 5.97 Å². The Morgan fingerprint density at radius 3 is 1.93 bits per heavy atom. The molecule has 0 aromatic rings. The SMILES string of the molecule is CCCCC(CC)(C(=O)O)C(C)(C)CC. The van der Waals surface area contributed by atoms with E-state index in [0.717, 1.165) is 32.1 Å². The van der Waals surface area contributed by atoms with Crippen molar-refractivity contribution in [2.75, 3.05) is 0 Å². The Kier molecular flexibility index (Phi) is 5.33. The number of carboxylic acid groups (broad SMARTS) is 1. The summed E-state index contributed by atoms with van der Waals surface area (Å²) in [7, 11) is 0. The van der Waals surface area contributed by atoms with Crippen LogP contribution in [-0.2, 0) is 4.79 Å². The van der Waals surface area contributed by atoms with Crippen molar-refractivity contribution < 1.29 is 9.90 Å². The van der Waals surface area contributed by atoms with Crippen LogP contribution >= 0.6 is 0 Å². The number of carboxylic acids is 1. The van der Waals surface area contributed by atoms with Gasteiger partial charge < -0.3 is 5.11 Å². The van der Waals surface area contributed by atoms with Crippen molar-refractivity contribution in [3.05, 3.63) is 0 Å². The summed E-state index contributed by atoms with van der Waals surface area (Å²) >= 11 is 0. The first-order valence-corrected chi connectivity index (χ1v) is 6.11. The molecule has 0 radical (unpaired) electrons. The van der Waals surface area contributed by atoms with Crippen LogP contribution in [0.3, 0.4) is 0 Å². The van der Waals surface area contributed by atoms with Gasteiger partial charge in [-0.05, 0) is 24.7 Å². The minimum atomic E-state index is -0.620. The number of carbonyl (C=O) groups is 1. The molecular formula is C13H26O2. The summed E-state index contributed by atoms with van der Waals surface area (Å²) in [5, 5.41) is 9.52. The van der Waals surface area contributed by atoms with Crippen LogP contribution < -0.4 is 0 Å². The van der Waals surface area contributed by atoms with E-state index >= 15 is 0 Å². The highest BCUT2D eigenvalue weighted by Crippen LogP contribution is 2.48. The molecule has 0 saturated heterocycles. The summed E-state index contributed by atoms with van der Waals surface area (Å²) in [6.45, 7) is 10.4. The molecule has 90 valence electrons. The quantitative estimate of drug-likeness (QED) is 0.693. The Bertz CT molecular complexity index is 209. The molecule has 0 aliphatic rings. The third-order valence-electron chi connectivity index (χ3n) is 4.15. The molecule has 0 fully saturated rings. The molecule has 0 rings (SSSR count). The molecule has 2 heteroatoms. The van der Waals surface area contributed by atoms with Gasteiger partial charge in [0.15, 0.2) is 0 Å². The minimum Gasteiger partial charge on any atom is -0.481 e. The molecule has 2 nitrogen and oxygen atoms in total. The van der Waals surface area contributed by atoms with Crippen molar-refractivity contribution >= 4 is 5.97 Å². The van der Waals surface area contributed by atoms with Crippen molar-refractivity contribution in [1.29, 1.82) is 0 Å². The summed E-state index contributed by atoms with van der Waals surface area (Å²) in [6.07, 6.45) is 4.51. The molecule has 0 spiro atoms. The Labute approximate surface area is 94.1 Å². The standard InChI is InChI=1S/C13H26O2/c1-6-9-10-13(8-3,11(14)15)12(4,5)7-2/h6-10H2,1-5H3,(H,14,15). The first kappa shape index (κ1) is 14.5. The van der Waals surface area contributed by atoms with E-state index in [1.165, 1.54) is 0 Å². The van der Waals surface area contributed by atoms with E-state index in [2.05, 4.69) is 27.7 Å². The Balaban J connectivity index is 5.05. The maximum atomic E-state index is 11.6. The maximum Gasteiger partial charge on any atom is 0.310 e. The van der Waals surface area contributed by atoms with Crippen LogP contribution in [0.2, 0.25) is 0 Å². The summed E-state index contributed by atoms with van der Waals surface area (Å²) in [6, 6.07) is 0. The summed E-state index contributed by atoms with van der Waals surface area (Å²) in [4.78, 5) is 11.6. The topological polar surface area (TPSA) is 37.3 Å². The Morgan fingerprint density at radius 2 is 1.67 bits per heavy atom. The lowest BCUT2D eigenvalue weighted by atomic mass is 9.60. The molecule has 0 aliphatic heterocycles. The van der Waals surface area contributed by atoms with Crippen molar-refractivity contribution in [1.82, 2.24) is 0 Å². The van der Waals surface area contributed by atoms with E-state index in [1.807, 2.05) is 6.92 Å². The molecule has 0 bridgehead atoms. The van der Waals surface area contributed by atoms with E-state index in [4.69, 9.17) is 0 Å². The predicted molar refractivity (Wildman–Crippen MR) is 64.0 cm³/mol. The average molecular weight is 214 g/mol. The molecule has 0 heterocycles. The molecule has 0 aromatic carbocycles. The fraction of sp³-hybridized carbons (Fsp3) is 0.923. The van der Waals surface area contributed by atoms with Gasteiger partial charge in [-0.3, -0.25) is 4.79 Å². The zero-order valence-corrected chi connectivity index (χ0v) is 10.9. The van der Waals surface area contributed by atoms with Crippen LogP contribution in [0, 0.1) is 10.8 Å². The smallest absolute Gasteiger partial charge is 0.310 e. The van der Waals surface area contributed by atoms with Crippen LogP contribution in [0.5, 0.6) is 0 Å². The first-order chi connectivity index (χ1) is 6.88. The van der Waals surface area contributed by atoms with Crippen LogP contribution in [0.15, 0.2) is 0 Å². The van der Waals surface area contributed by atoms with Crippen molar-refractivity contribution in [2.24, 2.45) is 10.8 Å². The molecule has 0 amide bonds. The third-order valence-corrected chi connectivity index (χ3v) is 4.15. The molecule has 15 heavy (non-hydrogen) atoms. The van der Waals surface area contributed by atoms with E-state index in [9.17, 15) is 9.90 Å². The van der Waals surface area contributed by atoms with Crippen LogP contribution in [0.4, 0.5) is 0 Å². The van der Waals surface area contributed by atoms with Gasteiger partial charge in [-0.15, -0.1) is 0 Å². The van der Waals surface area contributed by atoms with Gasteiger partial charge in [-0.1, -0.05) is 47.5 Å². The monoisotopic (exact) mass is 214 g/mol. The van der Waals surface area contributed by atoms with Crippen molar-refractivity contribution in [2.45, 2.75) is 66.7 Å². The second-order valence-corrected chi connectivity index (χ2v) is 5.08. The largest absolute Gasteiger partial charge is 0.481 e. The second-order valence-electron chi connectivity index (χ2n) is 5.08. The molecular weight excluding hydrogens is 188 g/mol. The fourth-order valence-corrected chi connectivity index (χ4v) is 2.36. The number of hydrogen-bond acceptors (Lipinski definition) is 1. The van der Waals surface area contributed by atoms with E-state index < -0.39 is 11.4 Å². The number of aliphatic carboxylic acids is 1. The van der Waals surface area contributed by atoms with Gasteiger partial charge in [0.05, 0.1) is 5.41 Å². The highest BCUT2D eigenvalue weighted by Gasteiger charge is 2.48. The third kappa shape index (κ3) is 2.73. The molecule has 0 saturated carbocycles. The van der Waals surface area contributed by atoms with E-state index in [0.29, 0.717) is 0 Å². The number of rotatable bonds is 7. The summed E-state index contributed by atoms with van der Waals surface area (Å²) < 4.78 is 0. The average Bonchev–Trinajstić information content (AvgIpc) is 2.18. The zero-order chi connectivity index (χ0) is 12.1. The van der Waals surface area contributed by atoms with Gasteiger partial charge in [-0.2, -0.15) is 0 Å². The van der Waals surface area contributed by atoms with Crippen LogP contribution in [0.25, 0.3) is 0 Å². The predicted octanol–water partition coefficient (Wildman–Crippen LogP) is 4.09. The lowest BCUT2D eigenvalue weighted by Crippen LogP contribution is -2.44. The zero-order valence-electron chi connectivity index (χ0n) is 10.9. The lowest BCUT2D eigenvalue weighted by Gasteiger charge is -2.43. The molecule has 0 aliphatic carbocycles. The van der Waals surface area contributed by atoms with Gasteiger partial charge in [0.1, 0.15) is 0 Å². The Hall–Kier alpha value is -0.530. The first-order valence-electron chi connectivity index (χ1n) is 6.11. The van der Waals surface area contributed by atoms with Gasteiger partial charge in [-0.25, -0.2) is 0 Å². The molecule has 1 unspecified atom stereocenters. The molecule has 1 atom stereocenters. The van der Waals surface area contributed by atoms with E-state index in [1.54, 1.807) is 0 Å². The Morgan fingerprint density at radius 1 is 1.13 bits per heavy atom. The van der Waals surface area contributed by atoms with Crippen LogP contribution in [0.1, 0.15) is 66.7 Å². The lowest BCUT2D eigenvalue weighted by molar-refractivity contribution is -0.159. The minimum absolute atomic E-state index is 0.122. The highest BCUT2D eigenvalue weighted by atomic mass is 16.4. The maximum absolute atomic E-state index is 11.6. The van der Waals surface area contributed by atoms with E-state index in [-0.39, 0.29) is 5.41 Å². The highest BCUT2D eigenvalue weighted by molar-refractivity contribution is 5.75. The van der Waals surface area contributed by atoms with Gasteiger partial charge in [0.25, 0.3) is 0 Å². The fourth-order valence-electron chi connectivity index (χ4n) is 2.36. The van der Waals surface area contributed by atoms with Crippen molar-refractivity contribution in [3.8, 4) is 0 Å².